The van der Waals surface area contributed by atoms with Crippen LogP contribution >= 0.6 is 14.7 Å². The lowest BCUT2D eigenvalue weighted by Gasteiger charge is -2.47. The highest BCUT2D eigenvalue weighted by atomic mass is 31.2. The highest BCUT2D eigenvalue weighted by Gasteiger charge is 2.48. The molecule has 230 valence electrons. The van der Waals surface area contributed by atoms with E-state index >= 15 is 0 Å². The second kappa shape index (κ2) is 11.3. The summed E-state index contributed by atoms with van der Waals surface area (Å²) in [6, 6.07) is 0. The first-order valence-corrected chi connectivity index (χ1v) is 19.3. The maximum Gasteiger partial charge on any atom is 0.279 e. The molecule has 0 aliphatic carbocycles. The molecule has 0 radical (unpaired) electrons. The summed E-state index contributed by atoms with van der Waals surface area (Å²) < 4.78 is 55.4. The van der Waals surface area contributed by atoms with Crippen molar-refractivity contribution in [2.45, 2.75) is 73.0 Å². The van der Waals surface area contributed by atoms with Crippen LogP contribution in [0, 0.1) is 49.4 Å². The molecule has 6 aliphatic heterocycles. The van der Waals surface area contributed by atoms with E-state index in [2.05, 4.69) is 42.6 Å². The van der Waals surface area contributed by atoms with Gasteiger partial charge in [-0.3, -0.25) is 18.5 Å². The zero-order chi connectivity index (χ0) is 30.0. The molecular weight excluding hydrogens is 566 g/mol. The third-order valence-corrected chi connectivity index (χ3v) is 13.6. The molecule has 12 atom stereocenters. The number of aryl methyl sites for hydroxylation is 2. The van der Waals surface area contributed by atoms with Crippen LogP contribution in [0.4, 0.5) is 0 Å². The molecule has 6 aliphatic rings. The Hall–Kier alpha value is -1.35. The average molecular weight is 613 g/mol. The van der Waals surface area contributed by atoms with Gasteiger partial charge in [-0.15, -0.1) is 0 Å². The number of H-pyrrole nitrogens is 1. The van der Waals surface area contributed by atoms with Crippen LogP contribution in [0.15, 0.2) is 4.79 Å². The number of ether oxygens (including phenoxy) is 2. The Morgan fingerprint density at radius 1 is 0.805 bits per heavy atom. The van der Waals surface area contributed by atoms with Gasteiger partial charge in [-0.2, -0.15) is 0 Å². The Labute approximate surface area is 242 Å². The van der Waals surface area contributed by atoms with Crippen LogP contribution in [0.3, 0.4) is 0 Å². The molecule has 0 spiro atoms. The minimum atomic E-state index is -3.11. The molecule has 2 aromatic rings. The second-order valence-electron chi connectivity index (χ2n) is 13.0. The molecule has 13 heteroatoms. The quantitative estimate of drug-likeness (QED) is 0.439. The van der Waals surface area contributed by atoms with Gasteiger partial charge in [-0.1, -0.05) is 27.7 Å². The third kappa shape index (κ3) is 6.05. The molecule has 0 saturated carbocycles. The summed E-state index contributed by atoms with van der Waals surface area (Å²) in [7, 11) is -6.09. The average Bonchev–Trinajstić information content (AvgIpc) is 3.21. The Balaban J connectivity index is 1.58. The maximum atomic E-state index is 14.1. The third-order valence-electron chi connectivity index (χ3n) is 10.1. The molecule has 0 amide bonds. The first-order chi connectivity index (χ1) is 19.1. The lowest BCUT2D eigenvalue weighted by Crippen LogP contribution is -2.49. The number of nitrogens with one attached hydrogen (secondary N) is 1. The topological polar surface area (TPSA) is 135 Å². The molecule has 12 unspecified atom stereocenters. The standard InChI is InChI=1S/C28H46N4O7P2/c1-14-16(3)23-10-36-41(9,35)13-22-15(2)17(4)24(11-37-40(8,34)12-21(14)18(5)38-23)39-28(22)32-20(7)31-25-26(32)29-19(6)30-27(25)33/h14-18,21-24,28H,10-13H2,1-9H3,(H,29,30,33). The molecule has 6 saturated heterocycles. The highest BCUT2D eigenvalue weighted by Crippen LogP contribution is 2.55. The Morgan fingerprint density at radius 2 is 1.34 bits per heavy atom. The molecule has 1 N–H and O–H groups in total. The molecule has 11 nitrogen and oxygen atoms in total. The van der Waals surface area contributed by atoms with Gasteiger partial charge in [0.15, 0.2) is 11.2 Å². The van der Waals surface area contributed by atoms with E-state index < -0.39 is 21.0 Å². The van der Waals surface area contributed by atoms with Crippen LogP contribution in [0.2, 0.25) is 0 Å². The van der Waals surface area contributed by atoms with Crippen molar-refractivity contribution in [2.75, 3.05) is 38.9 Å². The lowest BCUT2D eigenvalue weighted by molar-refractivity contribution is -0.175. The van der Waals surface area contributed by atoms with Crippen molar-refractivity contribution in [2.24, 2.45) is 35.5 Å². The number of aromatic amines is 1. The predicted molar refractivity (Wildman–Crippen MR) is 158 cm³/mol. The Morgan fingerprint density at radius 3 is 1.95 bits per heavy atom. The number of nitrogens with zero attached hydrogens (tertiary/aromatic N) is 3. The smallest absolute Gasteiger partial charge is 0.279 e. The zero-order valence-electron chi connectivity index (χ0n) is 25.7. The molecule has 6 fully saturated rings. The summed E-state index contributed by atoms with van der Waals surface area (Å²) in [5.41, 5.74) is 0.336. The van der Waals surface area contributed by atoms with Crippen LogP contribution in [-0.4, -0.2) is 76.7 Å². The fourth-order valence-corrected chi connectivity index (χ4v) is 10.9. The normalized spacial score (nSPS) is 44.4. The van der Waals surface area contributed by atoms with E-state index in [1.807, 2.05) is 18.4 Å². The summed E-state index contributed by atoms with van der Waals surface area (Å²) in [5, 5.41) is 0. The van der Waals surface area contributed by atoms with E-state index in [0.29, 0.717) is 23.5 Å². The van der Waals surface area contributed by atoms with Crippen LogP contribution < -0.4 is 5.56 Å². The number of hydrogen-bond donors (Lipinski definition) is 1. The fraction of sp³-hybridized carbons (Fsp3) is 0.821. The molecule has 2 aromatic heterocycles. The second-order valence-corrected chi connectivity index (χ2v) is 18.3. The van der Waals surface area contributed by atoms with Gasteiger partial charge < -0.3 is 23.5 Å². The van der Waals surface area contributed by atoms with Gasteiger partial charge in [0.1, 0.15) is 17.9 Å². The molecule has 8 rings (SSSR count). The van der Waals surface area contributed by atoms with Crippen molar-refractivity contribution in [3.8, 4) is 0 Å². The largest absolute Gasteiger partial charge is 0.372 e. The van der Waals surface area contributed by atoms with Gasteiger partial charge in [0.25, 0.3) is 5.56 Å². The van der Waals surface area contributed by atoms with Gasteiger partial charge in [0.2, 0.25) is 14.7 Å². The summed E-state index contributed by atoms with van der Waals surface area (Å²) >= 11 is 0. The molecular formula is C28H46N4O7P2. The molecule has 41 heavy (non-hydrogen) atoms. The Kier molecular flexibility index (Phi) is 8.56. The predicted octanol–water partition coefficient (Wildman–Crippen LogP) is 5.06. The molecule has 4 bridgehead atoms. The molecule has 0 aromatic carbocycles. The lowest BCUT2D eigenvalue weighted by atomic mass is 9.77. The Bertz CT molecular complexity index is 1440. The number of rotatable bonds is 1. The zero-order valence-corrected chi connectivity index (χ0v) is 27.5. The van der Waals surface area contributed by atoms with Gasteiger partial charge in [0, 0.05) is 31.6 Å². The van der Waals surface area contributed by atoms with Crippen LogP contribution in [0.1, 0.15) is 52.5 Å². The summed E-state index contributed by atoms with van der Waals surface area (Å²) in [4.78, 5) is 24.6. The maximum absolute atomic E-state index is 14.1. The number of fused-ring (bicyclic) bond motifs is 1. The molecule has 8 heterocycles. The number of imidazole rings is 1. The van der Waals surface area contributed by atoms with Crippen molar-refractivity contribution in [3.63, 3.8) is 0 Å². The number of hydrogen-bond acceptors (Lipinski definition) is 9. The van der Waals surface area contributed by atoms with Gasteiger partial charge in [-0.25, -0.2) is 9.97 Å². The van der Waals surface area contributed by atoms with E-state index in [1.165, 1.54) is 0 Å². The van der Waals surface area contributed by atoms with E-state index in [1.54, 1.807) is 20.3 Å². The van der Waals surface area contributed by atoms with Crippen molar-refractivity contribution >= 4 is 25.9 Å². The first-order valence-electron chi connectivity index (χ1n) is 14.8. The van der Waals surface area contributed by atoms with E-state index in [9.17, 15) is 13.9 Å². The first kappa shape index (κ1) is 31.1. The van der Waals surface area contributed by atoms with Gasteiger partial charge >= 0.3 is 0 Å². The van der Waals surface area contributed by atoms with E-state index in [0.717, 1.165) is 0 Å². The monoisotopic (exact) mass is 612 g/mol. The van der Waals surface area contributed by atoms with Crippen LogP contribution in [0.5, 0.6) is 0 Å². The van der Waals surface area contributed by atoms with Gasteiger partial charge in [0.05, 0.1) is 31.5 Å². The van der Waals surface area contributed by atoms with Crippen molar-refractivity contribution in [1.29, 1.82) is 0 Å². The summed E-state index contributed by atoms with van der Waals surface area (Å²) in [5.74, 6) is 1.31. The van der Waals surface area contributed by atoms with E-state index in [-0.39, 0.29) is 84.3 Å². The minimum absolute atomic E-state index is 0.0231. The van der Waals surface area contributed by atoms with Crippen LogP contribution in [0.25, 0.3) is 11.2 Å². The number of aromatic nitrogens is 4. The minimum Gasteiger partial charge on any atom is -0.372 e. The van der Waals surface area contributed by atoms with Crippen molar-refractivity contribution in [1.82, 2.24) is 19.5 Å². The van der Waals surface area contributed by atoms with Crippen molar-refractivity contribution < 1.29 is 27.7 Å². The SMILES string of the molecule is Cc1nc2c(nc(C)n2C2OC3COP(C)(=O)CC4C(C)OC(COP(C)(=O)CC2C(C)C3C)C(C)C4C)c(=O)[nH]1. The van der Waals surface area contributed by atoms with Crippen molar-refractivity contribution in [3.05, 3.63) is 22.0 Å². The van der Waals surface area contributed by atoms with Crippen LogP contribution in [-0.2, 0) is 27.7 Å². The summed E-state index contributed by atoms with van der Waals surface area (Å²) in [6.07, 6.45) is -0.652. The van der Waals surface area contributed by atoms with Gasteiger partial charge in [-0.05, 0) is 50.4 Å². The fourth-order valence-electron chi connectivity index (χ4n) is 7.09. The highest BCUT2D eigenvalue weighted by molar-refractivity contribution is 7.58. The summed E-state index contributed by atoms with van der Waals surface area (Å²) in [6.45, 7) is 17.9. The van der Waals surface area contributed by atoms with E-state index in [4.69, 9.17) is 18.5 Å².